The number of hydrazine groups is 1. The third-order valence-electron chi connectivity index (χ3n) is 5.19. The van der Waals surface area contributed by atoms with Gasteiger partial charge in [-0.15, -0.1) is 0 Å². The Morgan fingerprint density at radius 3 is 2.38 bits per heavy atom. The Bertz CT molecular complexity index is 439. The molecule has 1 fully saturated rings. The summed E-state index contributed by atoms with van der Waals surface area (Å²) in [5, 5.41) is 0. The molecule has 0 spiro atoms. The molecule has 1 aliphatic heterocycles. The lowest BCUT2D eigenvalue weighted by Crippen LogP contribution is -2.62. The van der Waals surface area contributed by atoms with E-state index in [0.717, 1.165) is 31.5 Å². The summed E-state index contributed by atoms with van der Waals surface area (Å²) < 4.78 is 14.0. The van der Waals surface area contributed by atoms with E-state index in [1.54, 1.807) is 6.07 Å². The number of hydrogen-bond acceptors (Lipinski definition) is 3. The van der Waals surface area contributed by atoms with Gasteiger partial charge in [-0.2, -0.15) is 0 Å². The lowest BCUT2D eigenvalue weighted by molar-refractivity contribution is 0.0617. The number of halogens is 1. The van der Waals surface area contributed by atoms with Gasteiger partial charge in [-0.05, 0) is 56.8 Å². The highest BCUT2D eigenvalue weighted by atomic mass is 19.1. The van der Waals surface area contributed by atoms with Crippen molar-refractivity contribution in [1.29, 1.82) is 0 Å². The molecule has 2 rings (SSSR count). The quantitative estimate of drug-likeness (QED) is 0.600. The lowest BCUT2D eigenvalue weighted by Gasteiger charge is -2.46. The Balaban J connectivity index is 2.25. The third kappa shape index (κ3) is 3.28. The highest BCUT2D eigenvalue weighted by molar-refractivity contribution is 5.20. The van der Waals surface area contributed by atoms with Crippen molar-refractivity contribution in [2.75, 3.05) is 13.1 Å². The van der Waals surface area contributed by atoms with Crippen LogP contribution >= 0.6 is 0 Å². The van der Waals surface area contributed by atoms with Gasteiger partial charge >= 0.3 is 0 Å². The molecule has 1 heterocycles. The van der Waals surface area contributed by atoms with Crippen LogP contribution in [0.3, 0.4) is 0 Å². The smallest absolute Gasteiger partial charge is 0.126 e. The molecule has 21 heavy (non-hydrogen) atoms. The first kappa shape index (κ1) is 16.4. The van der Waals surface area contributed by atoms with E-state index in [1.165, 1.54) is 18.9 Å². The van der Waals surface area contributed by atoms with Gasteiger partial charge in [0.1, 0.15) is 5.82 Å². The zero-order valence-electron chi connectivity index (χ0n) is 13.2. The van der Waals surface area contributed by atoms with E-state index >= 15 is 0 Å². The van der Waals surface area contributed by atoms with Crippen molar-refractivity contribution in [2.45, 2.75) is 57.5 Å². The Labute approximate surface area is 127 Å². The maximum Gasteiger partial charge on any atom is 0.126 e. The lowest BCUT2D eigenvalue weighted by atomic mass is 9.80. The van der Waals surface area contributed by atoms with Crippen LogP contribution in [0.15, 0.2) is 24.3 Å². The summed E-state index contributed by atoms with van der Waals surface area (Å²) in [6.07, 6.45) is 5.17. The number of nitrogens with two attached hydrogens (primary N) is 1. The molecule has 1 saturated heterocycles. The van der Waals surface area contributed by atoms with E-state index < -0.39 is 0 Å². The van der Waals surface area contributed by atoms with Gasteiger partial charge in [0.05, 0.1) is 0 Å². The number of nitrogens with one attached hydrogen (secondary N) is 1. The molecule has 0 bridgehead atoms. The first-order chi connectivity index (χ1) is 10.2. The second-order valence-electron chi connectivity index (χ2n) is 6.02. The molecular formula is C17H28FN3. The largest absolute Gasteiger partial charge is 0.296 e. The first-order valence-corrected chi connectivity index (χ1v) is 8.12. The van der Waals surface area contributed by atoms with E-state index in [2.05, 4.69) is 24.2 Å². The average Bonchev–Trinajstić information content (AvgIpc) is 3.04. The average molecular weight is 293 g/mol. The topological polar surface area (TPSA) is 41.3 Å². The molecule has 0 radical (unpaired) electrons. The molecule has 3 nitrogen and oxygen atoms in total. The van der Waals surface area contributed by atoms with Crippen molar-refractivity contribution in [3.63, 3.8) is 0 Å². The van der Waals surface area contributed by atoms with E-state index in [4.69, 9.17) is 5.84 Å². The van der Waals surface area contributed by atoms with Crippen molar-refractivity contribution in [1.82, 2.24) is 10.3 Å². The van der Waals surface area contributed by atoms with Crippen LogP contribution in [0.1, 0.15) is 45.1 Å². The van der Waals surface area contributed by atoms with E-state index in [9.17, 15) is 4.39 Å². The minimum atomic E-state index is -0.139. The molecule has 0 aromatic heterocycles. The molecule has 1 aromatic carbocycles. The number of rotatable bonds is 7. The van der Waals surface area contributed by atoms with Crippen molar-refractivity contribution in [3.05, 3.63) is 35.6 Å². The van der Waals surface area contributed by atoms with Crippen LogP contribution in [0.25, 0.3) is 0 Å². The monoisotopic (exact) mass is 293 g/mol. The van der Waals surface area contributed by atoms with Gasteiger partial charge in [0, 0.05) is 11.6 Å². The molecule has 4 heteroatoms. The van der Waals surface area contributed by atoms with Crippen LogP contribution in [0.5, 0.6) is 0 Å². The van der Waals surface area contributed by atoms with Crippen molar-refractivity contribution in [2.24, 2.45) is 5.84 Å². The zero-order chi connectivity index (χ0) is 15.3. The molecule has 0 aliphatic carbocycles. The fourth-order valence-corrected chi connectivity index (χ4v) is 3.86. The number of hydrogen-bond donors (Lipinski definition) is 2. The minimum Gasteiger partial charge on any atom is -0.296 e. The third-order valence-corrected chi connectivity index (χ3v) is 5.19. The summed E-state index contributed by atoms with van der Waals surface area (Å²) in [7, 11) is 0. The van der Waals surface area contributed by atoms with Gasteiger partial charge < -0.3 is 0 Å². The second kappa shape index (κ2) is 7.34. The Hall–Kier alpha value is -0.970. The SMILES string of the molecule is CCC(CC)(C(Cc1ccccc1F)NN)N1CCCC1. The molecule has 1 aromatic rings. The molecule has 1 atom stereocenters. The molecular weight excluding hydrogens is 265 g/mol. The molecule has 0 amide bonds. The second-order valence-corrected chi connectivity index (χ2v) is 6.02. The minimum absolute atomic E-state index is 0.00747. The fourth-order valence-electron chi connectivity index (χ4n) is 3.86. The normalized spacial score (nSPS) is 18.1. The van der Waals surface area contributed by atoms with Gasteiger partial charge in [0.2, 0.25) is 0 Å². The highest BCUT2D eigenvalue weighted by Crippen LogP contribution is 2.33. The standard InChI is InChI=1S/C17H28FN3/c1-3-17(4-2,21-11-7-8-12-21)16(20-19)13-14-9-5-6-10-15(14)18/h5-6,9-10,16,20H,3-4,7-8,11-13,19H2,1-2H3. The van der Waals surface area contributed by atoms with Crippen LogP contribution in [0.2, 0.25) is 0 Å². The van der Waals surface area contributed by atoms with Gasteiger partial charge in [0.15, 0.2) is 0 Å². The number of benzene rings is 1. The van der Waals surface area contributed by atoms with Gasteiger partial charge in [-0.3, -0.25) is 16.2 Å². The molecule has 0 saturated carbocycles. The Kier molecular flexibility index (Phi) is 5.73. The number of nitrogens with zero attached hydrogens (tertiary/aromatic N) is 1. The predicted octanol–water partition coefficient (Wildman–Crippen LogP) is 2.85. The van der Waals surface area contributed by atoms with Gasteiger partial charge in [0.25, 0.3) is 0 Å². The van der Waals surface area contributed by atoms with Crippen molar-refractivity contribution >= 4 is 0 Å². The summed E-state index contributed by atoms with van der Waals surface area (Å²) in [6.45, 7) is 6.68. The summed E-state index contributed by atoms with van der Waals surface area (Å²) in [5.41, 5.74) is 3.74. The van der Waals surface area contributed by atoms with E-state index in [-0.39, 0.29) is 17.4 Å². The summed E-state index contributed by atoms with van der Waals surface area (Å²) in [4.78, 5) is 2.55. The Morgan fingerprint density at radius 2 is 1.86 bits per heavy atom. The highest BCUT2D eigenvalue weighted by Gasteiger charge is 2.41. The van der Waals surface area contributed by atoms with Crippen LogP contribution in [-0.2, 0) is 6.42 Å². The maximum absolute atomic E-state index is 14.0. The van der Waals surface area contributed by atoms with Crippen LogP contribution < -0.4 is 11.3 Å². The fraction of sp³-hybridized carbons (Fsp3) is 0.647. The van der Waals surface area contributed by atoms with Crippen LogP contribution in [-0.4, -0.2) is 29.6 Å². The van der Waals surface area contributed by atoms with Crippen LogP contribution in [0.4, 0.5) is 4.39 Å². The molecule has 3 N–H and O–H groups in total. The van der Waals surface area contributed by atoms with Crippen molar-refractivity contribution in [3.8, 4) is 0 Å². The van der Waals surface area contributed by atoms with E-state index in [1.807, 2.05) is 12.1 Å². The molecule has 118 valence electrons. The first-order valence-electron chi connectivity index (χ1n) is 8.12. The summed E-state index contributed by atoms with van der Waals surface area (Å²) in [6, 6.07) is 7.07. The Morgan fingerprint density at radius 1 is 1.24 bits per heavy atom. The van der Waals surface area contributed by atoms with Crippen LogP contribution in [0, 0.1) is 5.82 Å². The molecule has 1 aliphatic rings. The van der Waals surface area contributed by atoms with Crippen molar-refractivity contribution < 1.29 is 4.39 Å². The summed E-state index contributed by atoms with van der Waals surface area (Å²) in [5.74, 6) is 5.74. The van der Waals surface area contributed by atoms with E-state index in [0.29, 0.717) is 6.42 Å². The zero-order valence-corrected chi connectivity index (χ0v) is 13.2. The predicted molar refractivity (Wildman–Crippen MR) is 85.3 cm³/mol. The van der Waals surface area contributed by atoms with Gasteiger partial charge in [-0.25, -0.2) is 4.39 Å². The van der Waals surface area contributed by atoms with Gasteiger partial charge in [-0.1, -0.05) is 32.0 Å². The maximum atomic E-state index is 14.0. The molecule has 1 unspecified atom stereocenters. The number of likely N-dealkylation sites (tertiary alicyclic amines) is 1. The summed E-state index contributed by atoms with van der Waals surface area (Å²) >= 11 is 0.